The molecule has 0 spiro atoms. The molecule has 4 rings (SSSR count). The van der Waals surface area contributed by atoms with Gasteiger partial charge in [0.1, 0.15) is 23.6 Å². The monoisotopic (exact) mass is 961 g/mol. The van der Waals surface area contributed by atoms with Gasteiger partial charge in [-0.2, -0.15) is 5.26 Å². The molecule has 2 aromatic carbocycles. The number of nitrogens with one attached hydrogen (secondary N) is 2. The van der Waals surface area contributed by atoms with Crippen molar-refractivity contribution in [1.82, 2.24) is 5.32 Å². The number of carbonyl (C=O) groups is 3. The highest BCUT2D eigenvalue weighted by atomic mass is 35.5. The lowest BCUT2D eigenvalue weighted by atomic mass is 9.61. The van der Waals surface area contributed by atoms with E-state index in [1.165, 1.54) is 37.4 Å². The van der Waals surface area contributed by atoms with Crippen LogP contribution in [0.1, 0.15) is 43.1 Å². The van der Waals surface area contributed by atoms with Crippen LogP contribution in [0.3, 0.4) is 0 Å². The summed E-state index contributed by atoms with van der Waals surface area (Å²) >= 11 is 12.4. The van der Waals surface area contributed by atoms with Crippen LogP contribution in [0.15, 0.2) is 59.7 Å². The standard InChI is InChI=1S/C47H58Cl2FN3O13/c1-46(2,3)29-40-47(30-51,36-13-12-35(49)28-37(36)50)41(32-7-6-8-34(48)11-9-32)42(53-40)43(54)52-38-14-10-33(27-39(38)58-5)44(55)65-31-66-45(56)64-26-25-63-24-23-62-22-21-61-20-19-60-18-17-59-16-15-57-4/h6-8,10,12-14,27-28,32,40-42,53H,15-26,29,31H2,1-5H3,(H,52,54)/t32?,40?,41?,42-,47+/m1/s1. The third-order valence-corrected chi connectivity index (χ3v) is 10.7. The first-order valence-corrected chi connectivity index (χ1v) is 22.0. The highest BCUT2D eigenvalue weighted by molar-refractivity contribution is 6.32. The molecular weight excluding hydrogens is 904 g/mol. The molecule has 1 aliphatic heterocycles. The van der Waals surface area contributed by atoms with Gasteiger partial charge in [0, 0.05) is 35.6 Å². The quantitative estimate of drug-likeness (QED) is 0.0422. The number of nitriles is 1. The first-order chi connectivity index (χ1) is 31.7. The molecule has 16 nitrogen and oxygen atoms in total. The number of amides is 1. The van der Waals surface area contributed by atoms with E-state index >= 15 is 4.39 Å². The number of benzene rings is 2. The zero-order valence-corrected chi connectivity index (χ0v) is 39.3. The number of halogens is 3. The van der Waals surface area contributed by atoms with Gasteiger partial charge in [0.05, 0.1) is 108 Å². The second-order valence-corrected chi connectivity index (χ2v) is 16.9. The molecule has 1 heterocycles. The molecule has 2 aliphatic rings. The van der Waals surface area contributed by atoms with E-state index in [2.05, 4.69) is 28.5 Å². The Morgan fingerprint density at radius 1 is 0.848 bits per heavy atom. The van der Waals surface area contributed by atoms with Crippen LogP contribution >= 0.6 is 23.2 Å². The molecular formula is C47H58Cl2FN3O13. The smallest absolute Gasteiger partial charge is 0.495 e. The molecule has 1 amide bonds. The Labute approximate surface area is 395 Å². The topological polar surface area (TPSA) is 191 Å². The Hall–Kier alpha value is -4.79. The Balaban J connectivity index is 1.27. The minimum Gasteiger partial charge on any atom is -0.495 e. The summed E-state index contributed by atoms with van der Waals surface area (Å²) in [6.45, 7) is 9.46. The maximum atomic E-state index is 16.0. The van der Waals surface area contributed by atoms with E-state index < -0.39 is 60.0 Å². The molecule has 66 heavy (non-hydrogen) atoms. The number of hydrogen-bond donors (Lipinski definition) is 2. The van der Waals surface area contributed by atoms with Crippen molar-refractivity contribution in [3.05, 3.63) is 81.6 Å². The number of esters is 1. The summed E-state index contributed by atoms with van der Waals surface area (Å²) in [7, 11) is 2.96. The number of ether oxygens (including phenoxy) is 10. The summed E-state index contributed by atoms with van der Waals surface area (Å²) in [6.07, 6.45) is 4.33. The van der Waals surface area contributed by atoms with Crippen LogP contribution in [-0.4, -0.2) is 130 Å². The second-order valence-electron chi connectivity index (χ2n) is 16.0. The molecule has 3 unspecified atom stereocenters. The maximum Gasteiger partial charge on any atom is 0.511 e. The highest BCUT2D eigenvalue weighted by Gasteiger charge is 2.61. The summed E-state index contributed by atoms with van der Waals surface area (Å²) < 4.78 is 68.3. The number of hydrogen-bond acceptors (Lipinski definition) is 15. The molecule has 2 aromatic rings. The Morgan fingerprint density at radius 3 is 2.05 bits per heavy atom. The fourth-order valence-corrected chi connectivity index (χ4v) is 7.61. The molecule has 0 aromatic heterocycles. The van der Waals surface area contributed by atoms with Crippen LogP contribution in [0, 0.1) is 46.2 Å². The first-order valence-electron chi connectivity index (χ1n) is 21.3. The van der Waals surface area contributed by atoms with Crippen LogP contribution in [0.2, 0.25) is 5.02 Å². The van der Waals surface area contributed by atoms with Crippen molar-refractivity contribution < 1.29 is 66.1 Å². The third kappa shape index (κ3) is 16.5. The van der Waals surface area contributed by atoms with E-state index in [0.29, 0.717) is 65.9 Å². The molecule has 0 radical (unpaired) electrons. The van der Waals surface area contributed by atoms with Crippen LogP contribution < -0.4 is 15.4 Å². The minimum absolute atomic E-state index is 0.0145. The van der Waals surface area contributed by atoms with E-state index in [9.17, 15) is 19.6 Å². The predicted octanol–water partition coefficient (Wildman–Crippen LogP) is 6.59. The minimum atomic E-state index is -1.62. The van der Waals surface area contributed by atoms with E-state index in [4.69, 9.17) is 70.6 Å². The zero-order chi connectivity index (χ0) is 48.0. The fraction of sp³-hybridized carbons (Fsp3) is 0.532. The van der Waals surface area contributed by atoms with Crippen LogP contribution in [0.25, 0.3) is 0 Å². The number of rotatable bonds is 27. The lowest BCUT2D eigenvalue weighted by Gasteiger charge is -2.38. The Kier molecular flexibility index (Phi) is 22.6. The fourth-order valence-electron chi connectivity index (χ4n) is 7.32. The van der Waals surface area contributed by atoms with Crippen LogP contribution in [0.5, 0.6) is 5.75 Å². The van der Waals surface area contributed by atoms with E-state index in [0.717, 1.165) is 6.07 Å². The molecule has 0 saturated carbocycles. The van der Waals surface area contributed by atoms with Crippen LogP contribution in [0.4, 0.5) is 14.9 Å². The van der Waals surface area contributed by atoms with Gasteiger partial charge in [0.2, 0.25) is 12.7 Å². The molecule has 1 fully saturated rings. The molecule has 19 heteroatoms. The average molecular weight is 963 g/mol. The molecule has 2 N–H and O–H groups in total. The van der Waals surface area contributed by atoms with E-state index in [1.54, 1.807) is 25.3 Å². The van der Waals surface area contributed by atoms with Crippen molar-refractivity contribution in [2.75, 3.05) is 106 Å². The molecule has 5 atom stereocenters. The number of carbonyl (C=O) groups excluding carboxylic acids is 3. The lowest BCUT2D eigenvalue weighted by molar-refractivity contribution is -0.119. The van der Waals surface area contributed by atoms with Gasteiger partial charge in [-0.05, 0) is 48.2 Å². The molecule has 0 bridgehead atoms. The van der Waals surface area contributed by atoms with Crippen molar-refractivity contribution in [2.45, 2.75) is 44.7 Å². The lowest BCUT2D eigenvalue weighted by Crippen LogP contribution is -2.47. The second kappa shape index (κ2) is 27.8. The summed E-state index contributed by atoms with van der Waals surface area (Å²) in [5.41, 5.74) is -1.71. The molecule has 360 valence electrons. The van der Waals surface area contributed by atoms with Gasteiger partial charge in [-0.15, -0.1) is 0 Å². The maximum absolute atomic E-state index is 16.0. The molecule has 1 aliphatic carbocycles. The van der Waals surface area contributed by atoms with Crippen molar-refractivity contribution in [3.63, 3.8) is 0 Å². The largest absolute Gasteiger partial charge is 0.511 e. The number of nitrogens with zero attached hydrogens (tertiary/aromatic N) is 1. The van der Waals surface area contributed by atoms with Gasteiger partial charge < -0.3 is 58.0 Å². The van der Waals surface area contributed by atoms with E-state index in [-0.39, 0.29) is 57.9 Å². The van der Waals surface area contributed by atoms with Crippen molar-refractivity contribution in [1.29, 1.82) is 5.26 Å². The van der Waals surface area contributed by atoms with Gasteiger partial charge >= 0.3 is 12.1 Å². The van der Waals surface area contributed by atoms with Gasteiger partial charge in [-0.25, -0.2) is 14.0 Å². The normalized spacial score (nSPS) is 20.0. The number of allylic oxidation sites excluding steroid dienone is 4. The first kappa shape index (κ1) is 53.8. The van der Waals surface area contributed by atoms with E-state index in [1.807, 2.05) is 20.8 Å². The van der Waals surface area contributed by atoms with Gasteiger partial charge in [-0.3, -0.25) is 4.79 Å². The van der Waals surface area contributed by atoms with Gasteiger partial charge in [0.25, 0.3) is 0 Å². The Morgan fingerprint density at radius 2 is 1.47 bits per heavy atom. The molecule has 1 saturated heterocycles. The summed E-state index contributed by atoms with van der Waals surface area (Å²) in [5, 5.41) is 17.9. The van der Waals surface area contributed by atoms with Crippen molar-refractivity contribution in [2.24, 2.45) is 17.3 Å². The number of anilines is 1. The van der Waals surface area contributed by atoms with Crippen LogP contribution in [-0.2, 0) is 52.8 Å². The third-order valence-electron chi connectivity index (χ3n) is 10.2. The average Bonchev–Trinajstić information content (AvgIpc) is 3.43. The summed E-state index contributed by atoms with van der Waals surface area (Å²) in [4.78, 5) is 39.4. The Bertz CT molecular complexity index is 2080. The van der Waals surface area contributed by atoms with Gasteiger partial charge in [-0.1, -0.05) is 74.0 Å². The highest BCUT2D eigenvalue weighted by Crippen LogP contribution is 2.51. The summed E-state index contributed by atoms with van der Waals surface area (Å²) in [6, 6.07) is 8.92. The zero-order valence-electron chi connectivity index (χ0n) is 37.8. The summed E-state index contributed by atoms with van der Waals surface area (Å²) in [5.74, 6) is 2.27. The van der Waals surface area contributed by atoms with Crippen molar-refractivity contribution >= 4 is 46.9 Å². The number of methoxy groups -OCH3 is 2. The predicted molar refractivity (Wildman–Crippen MR) is 242 cm³/mol. The van der Waals surface area contributed by atoms with Gasteiger partial charge in [0.15, 0.2) is 0 Å². The van der Waals surface area contributed by atoms with Crippen molar-refractivity contribution in [3.8, 4) is 23.7 Å². The SMILES string of the molecule is COCCOCCOCCOCCOCCOCCOC(=O)OCOC(=O)c1ccc(NC(=O)[C@@H]2NC(CC(C)(C)C)[C@](C#N)(c3ccc(Cl)cc3F)C2C2C#CC(Cl)=CC=C2)c(OC)c1.